The Kier molecular flexibility index (Phi) is 4.27. The number of ether oxygens (including phenoxy) is 1. The first kappa shape index (κ1) is 15.2. The second-order valence-electron chi connectivity index (χ2n) is 5.79. The molecule has 0 spiro atoms. The van der Waals surface area contributed by atoms with Crippen LogP contribution in [0.3, 0.4) is 0 Å². The molecule has 0 bridgehead atoms. The Morgan fingerprint density at radius 2 is 2.18 bits per heavy atom. The van der Waals surface area contributed by atoms with Crippen LogP contribution in [0.4, 0.5) is 0 Å². The van der Waals surface area contributed by atoms with Crippen molar-refractivity contribution in [2.24, 2.45) is 0 Å². The maximum atomic E-state index is 12.8. The third kappa shape index (κ3) is 2.91. The van der Waals surface area contributed by atoms with E-state index in [1.165, 1.54) is 0 Å². The molecule has 0 aliphatic carbocycles. The van der Waals surface area contributed by atoms with Crippen molar-refractivity contribution in [2.75, 3.05) is 13.2 Å². The summed E-state index contributed by atoms with van der Waals surface area (Å²) < 4.78 is 5.60. The summed E-state index contributed by atoms with van der Waals surface area (Å²) in [5.41, 5.74) is 3.47. The number of amides is 1. The van der Waals surface area contributed by atoms with Crippen LogP contribution in [0.1, 0.15) is 29.9 Å². The number of carbonyl (C=O) groups excluding carboxylic acids is 1. The standard InChI is InChI=1S/C17H20N2O2S/c1-11-9-21-12(2)8-19(11)17(20)15-4-5-16(18-13(15)3)14-6-7-22-10-14/h4-7,10-12H,8-9H2,1-3H3/t11-,12-/m1/s1. The summed E-state index contributed by atoms with van der Waals surface area (Å²) in [5, 5.41) is 4.09. The van der Waals surface area contributed by atoms with Gasteiger partial charge in [0.05, 0.1) is 35.7 Å². The zero-order valence-corrected chi connectivity index (χ0v) is 13.9. The van der Waals surface area contributed by atoms with E-state index in [9.17, 15) is 4.79 Å². The van der Waals surface area contributed by atoms with Gasteiger partial charge in [0.25, 0.3) is 5.91 Å². The minimum absolute atomic E-state index is 0.0459. The number of rotatable bonds is 2. The highest BCUT2D eigenvalue weighted by Crippen LogP contribution is 2.23. The molecule has 1 amide bonds. The zero-order valence-electron chi connectivity index (χ0n) is 13.1. The van der Waals surface area contributed by atoms with Crippen LogP contribution < -0.4 is 0 Å². The predicted octanol–water partition coefficient (Wildman–Crippen LogP) is 3.37. The monoisotopic (exact) mass is 316 g/mol. The first-order valence-electron chi connectivity index (χ1n) is 7.49. The van der Waals surface area contributed by atoms with Gasteiger partial charge in [0.15, 0.2) is 0 Å². The van der Waals surface area contributed by atoms with Gasteiger partial charge in [0, 0.05) is 17.5 Å². The molecule has 0 N–H and O–H groups in total. The molecule has 1 aliphatic rings. The molecule has 1 aliphatic heterocycles. The van der Waals surface area contributed by atoms with Crippen molar-refractivity contribution in [3.8, 4) is 11.3 Å². The molecule has 0 saturated carbocycles. The van der Waals surface area contributed by atoms with Gasteiger partial charge in [-0.25, -0.2) is 0 Å². The fourth-order valence-corrected chi connectivity index (χ4v) is 3.35. The molecule has 2 aromatic heterocycles. The van der Waals surface area contributed by atoms with Gasteiger partial charge < -0.3 is 9.64 Å². The summed E-state index contributed by atoms with van der Waals surface area (Å²) >= 11 is 1.64. The van der Waals surface area contributed by atoms with Gasteiger partial charge in [0.2, 0.25) is 0 Å². The number of aromatic nitrogens is 1. The average Bonchev–Trinajstić information content (AvgIpc) is 3.03. The minimum atomic E-state index is 0.0459. The van der Waals surface area contributed by atoms with E-state index in [1.807, 2.05) is 49.3 Å². The fourth-order valence-electron chi connectivity index (χ4n) is 2.70. The van der Waals surface area contributed by atoms with Gasteiger partial charge in [-0.1, -0.05) is 0 Å². The normalized spacial score (nSPS) is 21.9. The highest BCUT2D eigenvalue weighted by Gasteiger charge is 2.29. The van der Waals surface area contributed by atoms with Gasteiger partial charge in [-0.2, -0.15) is 11.3 Å². The number of pyridine rings is 1. The predicted molar refractivity (Wildman–Crippen MR) is 88.2 cm³/mol. The first-order chi connectivity index (χ1) is 10.6. The van der Waals surface area contributed by atoms with Gasteiger partial charge in [0.1, 0.15) is 0 Å². The smallest absolute Gasteiger partial charge is 0.256 e. The molecule has 5 heteroatoms. The summed E-state index contributed by atoms with van der Waals surface area (Å²) in [5.74, 6) is 0.0459. The van der Waals surface area contributed by atoms with E-state index in [2.05, 4.69) is 10.4 Å². The quantitative estimate of drug-likeness (QED) is 0.853. The summed E-state index contributed by atoms with van der Waals surface area (Å²) in [7, 11) is 0. The van der Waals surface area contributed by atoms with Crippen molar-refractivity contribution >= 4 is 17.2 Å². The summed E-state index contributed by atoms with van der Waals surface area (Å²) in [6, 6.07) is 5.96. The zero-order chi connectivity index (χ0) is 15.7. The van der Waals surface area contributed by atoms with Crippen LogP contribution >= 0.6 is 11.3 Å². The van der Waals surface area contributed by atoms with E-state index in [0.717, 1.165) is 17.0 Å². The topological polar surface area (TPSA) is 42.4 Å². The van der Waals surface area contributed by atoms with E-state index in [4.69, 9.17) is 4.74 Å². The van der Waals surface area contributed by atoms with Crippen molar-refractivity contribution < 1.29 is 9.53 Å². The highest BCUT2D eigenvalue weighted by atomic mass is 32.1. The van der Waals surface area contributed by atoms with Crippen LogP contribution in [0.2, 0.25) is 0 Å². The molecule has 0 unspecified atom stereocenters. The second-order valence-corrected chi connectivity index (χ2v) is 6.57. The van der Waals surface area contributed by atoms with Crippen molar-refractivity contribution in [3.05, 3.63) is 40.2 Å². The van der Waals surface area contributed by atoms with Gasteiger partial charge in [-0.05, 0) is 44.4 Å². The SMILES string of the molecule is Cc1nc(-c2ccsc2)ccc1C(=O)N1C[C@@H](C)OC[C@H]1C. The van der Waals surface area contributed by atoms with Crippen molar-refractivity contribution in [1.82, 2.24) is 9.88 Å². The van der Waals surface area contributed by atoms with Gasteiger partial charge >= 0.3 is 0 Å². The molecule has 22 heavy (non-hydrogen) atoms. The Morgan fingerprint density at radius 3 is 2.86 bits per heavy atom. The molecule has 2 atom stereocenters. The Morgan fingerprint density at radius 1 is 1.36 bits per heavy atom. The molecular formula is C17H20N2O2S. The third-order valence-corrected chi connectivity index (χ3v) is 4.69. The molecule has 0 radical (unpaired) electrons. The van der Waals surface area contributed by atoms with Crippen LogP contribution in [0, 0.1) is 6.92 Å². The van der Waals surface area contributed by atoms with Crippen molar-refractivity contribution in [1.29, 1.82) is 0 Å². The average molecular weight is 316 g/mol. The molecule has 3 rings (SSSR count). The Balaban J connectivity index is 1.86. The van der Waals surface area contributed by atoms with E-state index in [0.29, 0.717) is 18.7 Å². The summed E-state index contributed by atoms with van der Waals surface area (Å²) in [6.07, 6.45) is 0.0819. The maximum Gasteiger partial charge on any atom is 0.256 e. The molecule has 3 heterocycles. The van der Waals surface area contributed by atoms with E-state index in [-0.39, 0.29) is 18.1 Å². The van der Waals surface area contributed by atoms with Crippen LogP contribution in [-0.2, 0) is 4.74 Å². The number of nitrogens with zero attached hydrogens (tertiary/aromatic N) is 2. The number of carbonyl (C=O) groups is 1. The Bertz CT molecular complexity index is 669. The van der Waals surface area contributed by atoms with Crippen molar-refractivity contribution in [2.45, 2.75) is 32.9 Å². The number of hydrogen-bond donors (Lipinski definition) is 0. The van der Waals surface area contributed by atoms with E-state index in [1.54, 1.807) is 11.3 Å². The first-order valence-corrected chi connectivity index (χ1v) is 8.43. The highest BCUT2D eigenvalue weighted by molar-refractivity contribution is 7.08. The molecule has 4 nitrogen and oxygen atoms in total. The number of aryl methyl sites for hydroxylation is 1. The molecule has 1 fully saturated rings. The molecule has 116 valence electrons. The lowest BCUT2D eigenvalue weighted by Crippen LogP contribution is -2.50. The summed E-state index contributed by atoms with van der Waals surface area (Å²) in [4.78, 5) is 19.3. The number of hydrogen-bond acceptors (Lipinski definition) is 4. The summed E-state index contributed by atoms with van der Waals surface area (Å²) in [6.45, 7) is 7.14. The molecule has 1 saturated heterocycles. The van der Waals surface area contributed by atoms with Crippen LogP contribution in [-0.4, -0.2) is 41.1 Å². The molecule has 0 aromatic carbocycles. The fraction of sp³-hybridized carbons (Fsp3) is 0.412. The van der Waals surface area contributed by atoms with Crippen LogP contribution in [0.5, 0.6) is 0 Å². The lowest BCUT2D eigenvalue weighted by atomic mass is 10.1. The number of thiophene rings is 1. The Hall–Kier alpha value is -1.72. The lowest BCUT2D eigenvalue weighted by Gasteiger charge is -2.37. The second kappa shape index (κ2) is 6.18. The molecule has 2 aromatic rings. The van der Waals surface area contributed by atoms with E-state index < -0.39 is 0 Å². The third-order valence-electron chi connectivity index (χ3n) is 4.00. The van der Waals surface area contributed by atoms with Gasteiger partial charge in [-0.15, -0.1) is 0 Å². The van der Waals surface area contributed by atoms with Gasteiger partial charge in [-0.3, -0.25) is 9.78 Å². The maximum absolute atomic E-state index is 12.8. The lowest BCUT2D eigenvalue weighted by molar-refractivity contribution is -0.0387. The molecular weight excluding hydrogens is 296 g/mol. The Labute approximate surface area is 134 Å². The van der Waals surface area contributed by atoms with Crippen LogP contribution in [0.25, 0.3) is 11.3 Å². The van der Waals surface area contributed by atoms with Crippen LogP contribution in [0.15, 0.2) is 29.0 Å². The largest absolute Gasteiger partial charge is 0.375 e. The van der Waals surface area contributed by atoms with Crippen molar-refractivity contribution in [3.63, 3.8) is 0 Å². The minimum Gasteiger partial charge on any atom is -0.375 e. The number of morpholine rings is 1. The van der Waals surface area contributed by atoms with E-state index >= 15 is 0 Å².